The summed E-state index contributed by atoms with van der Waals surface area (Å²) in [7, 11) is 0. The predicted octanol–water partition coefficient (Wildman–Crippen LogP) is -0.662. The number of nitrogens with two attached hydrogens (primary N) is 1. The minimum atomic E-state index is -0.541. The summed E-state index contributed by atoms with van der Waals surface area (Å²) in [4.78, 5) is 10.9. The highest BCUT2D eigenvalue weighted by Crippen LogP contribution is 1.79. The molecule has 1 amide bonds. The number of rotatable bonds is 9. The van der Waals surface area contributed by atoms with Gasteiger partial charge in [-0.15, -0.1) is 6.42 Å². The van der Waals surface area contributed by atoms with Crippen molar-refractivity contribution < 1.29 is 19.0 Å². The van der Waals surface area contributed by atoms with Gasteiger partial charge in [0, 0.05) is 13.1 Å². The van der Waals surface area contributed by atoms with Gasteiger partial charge in [0.1, 0.15) is 0 Å². The summed E-state index contributed by atoms with van der Waals surface area (Å²) in [6.07, 6.45) is 4.37. The van der Waals surface area contributed by atoms with Gasteiger partial charge in [-0.1, -0.05) is 5.92 Å². The monoisotopic (exact) mass is 230 g/mol. The van der Waals surface area contributed by atoms with E-state index in [1.54, 1.807) is 0 Å². The molecule has 0 heterocycles. The summed E-state index contributed by atoms with van der Waals surface area (Å²) in [6.45, 7) is 2.75. The first-order chi connectivity index (χ1) is 7.81. The van der Waals surface area contributed by atoms with E-state index >= 15 is 0 Å². The molecule has 0 unspecified atom stereocenters. The van der Waals surface area contributed by atoms with Crippen molar-refractivity contribution in [3.05, 3.63) is 0 Å². The van der Waals surface area contributed by atoms with Gasteiger partial charge in [-0.2, -0.15) is 0 Å². The number of amides is 1. The lowest BCUT2D eigenvalue weighted by atomic mass is 10.6. The molecule has 0 atom stereocenters. The van der Waals surface area contributed by atoms with Gasteiger partial charge in [0.05, 0.1) is 26.4 Å². The first kappa shape index (κ1) is 14.7. The van der Waals surface area contributed by atoms with Crippen LogP contribution in [0.3, 0.4) is 0 Å². The van der Waals surface area contributed by atoms with Gasteiger partial charge < -0.3 is 25.3 Å². The van der Waals surface area contributed by atoms with Crippen LogP contribution in [0.4, 0.5) is 4.79 Å². The molecule has 0 aromatic carbocycles. The molecule has 0 aromatic heterocycles. The van der Waals surface area contributed by atoms with Crippen LogP contribution in [0.15, 0.2) is 0 Å². The largest absolute Gasteiger partial charge is 0.436 e. The maximum Gasteiger partial charge on any atom is 0.408 e. The SMILES string of the molecule is C#CCOC(=O)NCCOCCOCCN. The molecule has 0 rings (SSSR count). The summed E-state index contributed by atoms with van der Waals surface area (Å²) < 4.78 is 14.8. The van der Waals surface area contributed by atoms with Gasteiger partial charge in [-0.3, -0.25) is 0 Å². The molecular formula is C10H18N2O4. The van der Waals surface area contributed by atoms with E-state index in [4.69, 9.17) is 21.6 Å². The van der Waals surface area contributed by atoms with Crippen molar-refractivity contribution in [2.24, 2.45) is 5.73 Å². The van der Waals surface area contributed by atoms with E-state index in [1.807, 2.05) is 0 Å². The Balaban J connectivity index is 3.09. The Kier molecular flexibility index (Phi) is 10.8. The molecule has 0 radical (unpaired) electrons. The lowest BCUT2D eigenvalue weighted by Gasteiger charge is -2.06. The van der Waals surface area contributed by atoms with Gasteiger partial charge in [-0.25, -0.2) is 4.79 Å². The van der Waals surface area contributed by atoms with Crippen LogP contribution in [0, 0.1) is 12.3 Å². The molecule has 0 fully saturated rings. The number of carbonyl (C=O) groups excluding carboxylic acids is 1. The summed E-state index contributed by atoms with van der Waals surface area (Å²) >= 11 is 0. The molecule has 16 heavy (non-hydrogen) atoms. The highest BCUT2D eigenvalue weighted by molar-refractivity contribution is 5.67. The molecule has 0 saturated carbocycles. The van der Waals surface area contributed by atoms with Gasteiger partial charge in [0.2, 0.25) is 0 Å². The smallest absolute Gasteiger partial charge is 0.408 e. The molecule has 0 saturated heterocycles. The Morgan fingerprint density at radius 2 is 1.94 bits per heavy atom. The van der Waals surface area contributed by atoms with Crippen molar-refractivity contribution in [2.75, 3.05) is 46.1 Å². The van der Waals surface area contributed by atoms with Crippen molar-refractivity contribution in [1.29, 1.82) is 0 Å². The van der Waals surface area contributed by atoms with E-state index in [9.17, 15) is 4.79 Å². The van der Waals surface area contributed by atoms with E-state index in [0.29, 0.717) is 39.5 Å². The van der Waals surface area contributed by atoms with Crippen molar-refractivity contribution in [3.8, 4) is 12.3 Å². The van der Waals surface area contributed by atoms with E-state index in [-0.39, 0.29) is 6.61 Å². The fraction of sp³-hybridized carbons (Fsp3) is 0.700. The molecule has 0 bridgehead atoms. The number of hydrogen-bond acceptors (Lipinski definition) is 5. The topological polar surface area (TPSA) is 82.8 Å². The normalized spacial score (nSPS) is 9.50. The lowest BCUT2D eigenvalue weighted by Crippen LogP contribution is -2.28. The van der Waals surface area contributed by atoms with E-state index in [1.165, 1.54) is 0 Å². The van der Waals surface area contributed by atoms with Crippen LogP contribution in [0.2, 0.25) is 0 Å². The third-order valence-corrected chi connectivity index (χ3v) is 1.44. The first-order valence-electron chi connectivity index (χ1n) is 5.01. The summed E-state index contributed by atoms with van der Waals surface area (Å²) in [5.41, 5.74) is 5.22. The molecule has 6 nitrogen and oxygen atoms in total. The number of alkyl carbamates (subject to hydrolysis) is 1. The van der Waals surface area contributed by atoms with Gasteiger partial charge in [0.25, 0.3) is 0 Å². The van der Waals surface area contributed by atoms with Crippen LogP contribution in [0.25, 0.3) is 0 Å². The summed E-state index contributed by atoms with van der Waals surface area (Å²) in [5.74, 6) is 2.19. The Bertz CT molecular complexity index is 215. The van der Waals surface area contributed by atoms with Gasteiger partial charge >= 0.3 is 6.09 Å². The fourth-order valence-corrected chi connectivity index (χ4v) is 0.789. The highest BCUT2D eigenvalue weighted by atomic mass is 16.5. The average Bonchev–Trinajstić information content (AvgIpc) is 2.30. The molecule has 0 spiro atoms. The highest BCUT2D eigenvalue weighted by Gasteiger charge is 1.98. The van der Waals surface area contributed by atoms with E-state index in [0.717, 1.165) is 0 Å². The van der Waals surface area contributed by atoms with Crippen molar-refractivity contribution >= 4 is 6.09 Å². The van der Waals surface area contributed by atoms with Crippen molar-refractivity contribution in [1.82, 2.24) is 5.32 Å². The van der Waals surface area contributed by atoms with E-state index < -0.39 is 6.09 Å². The van der Waals surface area contributed by atoms with Crippen molar-refractivity contribution in [2.45, 2.75) is 0 Å². The Morgan fingerprint density at radius 1 is 1.25 bits per heavy atom. The Hall–Kier alpha value is -1.29. The third-order valence-electron chi connectivity index (χ3n) is 1.44. The molecule has 0 aliphatic carbocycles. The minimum absolute atomic E-state index is 0.0282. The zero-order valence-electron chi connectivity index (χ0n) is 9.24. The van der Waals surface area contributed by atoms with Crippen LogP contribution < -0.4 is 11.1 Å². The minimum Gasteiger partial charge on any atom is -0.436 e. The quantitative estimate of drug-likeness (QED) is 0.406. The van der Waals surface area contributed by atoms with Gasteiger partial charge in [-0.05, 0) is 0 Å². The van der Waals surface area contributed by atoms with Crippen LogP contribution >= 0.6 is 0 Å². The third kappa shape index (κ3) is 10.8. The van der Waals surface area contributed by atoms with Crippen LogP contribution in [0.5, 0.6) is 0 Å². The van der Waals surface area contributed by atoms with Crippen LogP contribution in [-0.2, 0) is 14.2 Å². The first-order valence-corrected chi connectivity index (χ1v) is 5.01. The fourth-order valence-electron chi connectivity index (χ4n) is 0.789. The number of hydrogen-bond donors (Lipinski definition) is 2. The average molecular weight is 230 g/mol. The van der Waals surface area contributed by atoms with Crippen LogP contribution in [-0.4, -0.2) is 52.2 Å². The Morgan fingerprint density at radius 3 is 2.56 bits per heavy atom. The summed E-state index contributed by atoms with van der Waals surface area (Å²) in [5, 5.41) is 2.48. The van der Waals surface area contributed by atoms with Crippen LogP contribution in [0.1, 0.15) is 0 Å². The molecular weight excluding hydrogens is 212 g/mol. The second kappa shape index (κ2) is 11.8. The molecule has 0 aromatic rings. The zero-order chi connectivity index (χ0) is 12.1. The molecule has 92 valence electrons. The standard InChI is InChI=1S/C10H18N2O4/c1-2-5-16-10(13)12-4-7-15-9-8-14-6-3-11/h1H,3-9,11H2,(H,12,13). The molecule has 0 aliphatic rings. The molecule has 3 N–H and O–H groups in total. The zero-order valence-corrected chi connectivity index (χ0v) is 9.24. The Labute approximate surface area is 95.4 Å². The predicted molar refractivity (Wildman–Crippen MR) is 58.9 cm³/mol. The number of ether oxygens (including phenoxy) is 3. The maximum absolute atomic E-state index is 10.9. The van der Waals surface area contributed by atoms with E-state index in [2.05, 4.69) is 16.0 Å². The number of terminal acetylenes is 1. The summed E-state index contributed by atoms with van der Waals surface area (Å²) in [6, 6.07) is 0. The second-order valence-electron chi connectivity index (χ2n) is 2.72. The lowest BCUT2D eigenvalue weighted by molar-refractivity contribution is 0.0514. The van der Waals surface area contributed by atoms with Crippen molar-refractivity contribution in [3.63, 3.8) is 0 Å². The molecule has 0 aliphatic heterocycles. The second-order valence-corrected chi connectivity index (χ2v) is 2.72. The molecule has 6 heteroatoms. The number of nitrogens with one attached hydrogen (secondary N) is 1. The maximum atomic E-state index is 10.9. The number of carbonyl (C=O) groups is 1. The van der Waals surface area contributed by atoms with Gasteiger partial charge in [0.15, 0.2) is 6.61 Å².